The van der Waals surface area contributed by atoms with Gasteiger partial charge < -0.3 is 9.64 Å². The zero-order chi connectivity index (χ0) is 21.2. The van der Waals surface area contributed by atoms with E-state index >= 15 is 0 Å². The van der Waals surface area contributed by atoms with Crippen LogP contribution in [0.1, 0.15) is 60.0 Å². The second-order valence-corrected chi connectivity index (χ2v) is 8.45. The summed E-state index contributed by atoms with van der Waals surface area (Å²) in [7, 11) is 5.75. The first-order valence-electron chi connectivity index (χ1n) is 10.8. The average molecular weight is 396 g/mol. The van der Waals surface area contributed by atoms with E-state index in [1.807, 2.05) is 56.3 Å². The summed E-state index contributed by atoms with van der Waals surface area (Å²) in [5.41, 5.74) is 4.88. The molecule has 0 spiro atoms. The van der Waals surface area contributed by atoms with Gasteiger partial charge in [0.25, 0.3) is 0 Å². The Kier molecular flexibility index (Phi) is 9.40. The number of methoxy groups -OCH3 is 1. The van der Waals surface area contributed by atoms with Crippen LogP contribution in [0.4, 0.5) is 0 Å². The zero-order valence-electron chi connectivity index (χ0n) is 18.8. The Morgan fingerprint density at radius 3 is 2.31 bits per heavy atom. The van der Waals surface area contributed by atoms with Crippen LogP contribution in [0.15, 0.2) is 42.5 Å². The van der Waals surface area contributed by atoms with Crippen molar-refractivity contribution < 1.29 is 9.53 Å². The van der Waals surface area contributed by atoms with E-state index in [4.69, 9.17) is 4.74 Å². The molecule has 0 N–H and O–H groups in total. The molecule has 29 heavy (non-hydrogen) atoms. The molecule has 1 fully saturated rings. The highest BCUT2D eigenvalue weighted by Crippen LogP contribution is 2.28. The molecule has 0 saturated heterocycles. The zero-order valence-corrected chi connectivity index (χ0v) is 18.8. The fourth-order valence-corrected chi connectivity index (χ4v) is 3.96. The van der Waals surface area contributed by atoms with Crippen LogP contribution in [0.3, 0.4) is 0 Å². The van der Waals surface area contributed by atoms with Crippen molar-refractivity contribution >= 4 is 5.97 Å². The van der Waals surface area contributed by atoms with Gasteiger partial charge in [0, 0.05) is 0 Å². The van der Waals surface area contributed by atoms with Crippen molar-refractivity contribution in [2.24, 2.45) is 5.92 Å². The van der Waals surface area contributed by atoms with Gasteiger partial charge in [0.2, 0.25) is 0 Å². The van der Waals surface area contributed by atoms with Crippen LogP contribution in [0.5, 0.6) is 0 Å². The summed E-state index contributed by atoms with van der Waals surface area (Å²) in [4.78, 5) is 14.1. The van der Waals surface area contributed by atoms with Gasteiger partial charge in [0.1, 0.15) is 0 Å². The van der Waals surface area contributed by atoms with Gasteiger partial charge in [-0.2, -0.15) is 0 Å². The molecule has 0 aliphatic heterocycles. The molecular weight excluding hydrogens is 358 g/mol. The molecule has 1 aliphatic carbocycles. The maximum absolute atomic E-state index is 11.8. The van der Waals surface area contributed by atoms with Gasteiger partial charge in [-0.1, -0.05) is 74.1 Å². The van der Waals surface area contributed by atoms with Gasteiger partial charge in [-0.05, 0) is 69.6 Å². The number of rotatable bonds is 5. The van der Waals surface area contributed by atoms with Crippen LogP contribution in [0.2, 0.25) is 0 Å². The van der Waals surface area contributed by atoms with Crippen molar-refractivity contribution in [1.82, 2.24) is 4.90 Å². The third kappa shape index (κ3) is 7.32. The number of hydrogen-bond donors (Lipinski definition) is 0. The van der Waals surface area contributed by atoms with Crippen molar-refractivity contribution in [3.63, 3.8) is 0 Å². The third-order valence-corrected chi connectivity index (χ3v) is 5.72. The molecule has 1 saturated carbocycles. The molecule has 2 aromatic rings. The molecule has 158 valence electrons. The van der Waals surface area contributed by atoms with Crippen LogP contribution < -0.4 is 0 Å². The highest BCUT2D eigenvalue weighted by Gasteiger charge is 2.14. The topological polar surface area (TPSA) is 29.5 Å². The Labute approximate surface area is 177 Å². The number of hydrogen-bond acceptors (Lipinski definition) is 3. The Morgan fingerprint density at radius 1 is 1.00 bits per heavy atom. The summed E-state index contributed by atoms with van der Waals surface area (Å²) in [6.07, 6.45) is 8.86. The number of esters is 1. The second-order valence-electron chi connectivity index (χ2n) is 8.45. The molecule has 3 rings (SSSR count). The van der Waals surface area contributed by atoms with E-state index in [0.717, 1.165) is 28.2 Å². The lowest BCUT2D eigenvalue weighted by Crippen LogP contribution is -2.18. The van der Waals surface area contributed by atoms with Gasteiger partial charge in [0.05, 0.1) is 12.7 Å². The van der Waals surface area contributed by atoms with Crippen molar-refractivity contribution in [2.75, 3.05) is 27.7 Å². The summed E-state index contributed by atoms with van der Waals surface area (Å²) in [5, 5.41) is 0. The van der Waals surface area contributed by atoms with Gasteiger partial charge >= 0.3 is 5.97 Å². The number of carbonyl (C=O) groups is 1. The predicted molar refractivity (Wildman–Crippen MR) is 122 cm³/mol. The Balaban J connectivity index is 0.000000234. The monoisotopic (exact) mass is 395 g/mol. The Bertz CT molecular complexity index is 776. The number of nitrogens with zero attached hydrogens (tertiary/aromatic N) is 1. The largest absolute Gasteiger partial charge is 0.465 e. The smallest absolute Gasteiger partial charge is 0.338 e. The van der Waals surface area contributed by atoms with Crippen LogP contribution in [0, 0.1) is 19.8 Å². The summed E-state index contributed by atoms with van der Waals surface area (Å²) < 4.78 is 4.84. The summed E-state index contributed by atoms with van der Waals surface area (Å²) >= 11 is 0. The maximum Gasteiger partial charge on any atom is 0.338 e. The Morgan fingerprint density at radius 2 is 1.69 bits per heavy atom. The van der Waals surface area contributed by atoms with Gasteiger partial charge in [0.15, 0.2) is 0 Å². The highest BCUT2D eigenvalue weighted by molar-refractivity contribution is 5.97. The molecule has 0 atom stereocenters. The van der Waals surface area contributed by atoms with E-state index in [1.54, 1.807) is 0 Å². The Hall–Kier alpha value is -2.13. The lowest BCUT2D eigenvalue weighted by Gasteiger charge is -2.22. The minimum absolute atomic E-state index is 0.298. The standard InChI is InChI=1S/C16H16O2.C10H21N/c1-11-8-9-14(16(17)18-3)15(10-11)13-7-5-4-6-12(13)2;1-11(2)9-8-10-6-4-3-5-7-10/h4-10H,1-3H3;10H,3-9H2,1-2H3. The van der Waals surface area contributed by atoms with E-state index in [1.165, 1.54) is 52.2 Å². The quantitative estimate of drug-likeness (QED) is 0.558. The van der Waals surface area contributed by atoms with Gasteiger partial charge in [-0.15, -0.1) is 0 Å². The minimum atomic E-state index is -0.298. The molecule has 0 heterocycles. The fourth-order valence-electron chi connectivity index (χ4n) is 3.96. The predicted octanol–water partition coefficient (Wildman–Crippen LogP) is 6.28. The molecule has 0 unspecified atom stereocenters. The lowest BCUT2D eigenvalue weighted by atomic mass is 9.87. The average Bonchev–Trinajstić information content (AvgIpc) is 2.73. The van der Waals surface area contributed by atoms with E-state index in [2.05, 4.69) is 19.0 Å². The normalized spacial score (nSPS) is 14.3. The number of aryl methyl sites for hydroxylation is 2. The van der Waals surface area contributed by atoms with Crippen LogP contribution >= 0.6 is 0 Å². The van der Waals surface area contributed by atoms with E-state index in [0.29, 0.717) is 5.56 Å². The van der Waals surface area contributed by atoms with Crippen molar-refractivity contribution in [2.45, 2.75) is 52.4 Å². The highest BCUT2D eigenvalue weighted by atomic mass is 16.5. The summed E-state index contributed by atoms with van der Waals surface area (Å²) in [6.45, 7) is 5.34. The fraction of sp³-hybridized carbons (Fsp3) is 0.500. The molecule has 3 nitrogen and oxygen atoms in total. The third-order valence-electron chi connectivity index (χ3n) is 5.72. The first-order valence-corrected chi connectivity index (χ1v) is 10.8. The SMILES string of the molecule is CN(C)CCC1CCCCC1.COC(=O)c1ccc(C)cc1-c1ccccc1C. The minimum Gasteiger partial charge on any atom is -0.465 e. The molecule has 0 amide bonds. The molecule has 0 bridgehead atoms. The van der Waals surface area contributed by atoms with E-state index in [9.17, 15) is 4.79 Å². The number of benzene rings is 2. The van der Waals surface area contributed by atoms with Gasteiger partial charge in [-0.3, -0.25) is 0 Å². The van der Waals surface area contributed by atoms with Crippen molar-refractivity contribution in [3.05, 3.63) is 59.2 Å². The molecule has 2 aromatic carbocycles. The van der Waals surface area contributed by atoms with E-state index in [-0.39, 0.29) is 5.97 Å². The summed E-state index contributed by atoms with van der Waals surface area (Å²) in [5.74, 6) is 0.749. The molecule has 3 heteroatoms. The van der Waals surface area contributed by atoms with E-state index < -0.39 is 0 Å². The lowest BCUT2D eigenvalue weighted by molar-refractivity contribution is 0.0601. The second kappa shape index (κ2) is 11.8. The van der Waals surface area contributed by atoms with Gasteiger partial charge in [-0.25, -0.2) is 4.79 Å². The van der Waals surface area contributed by atoms with Crippen LogP contribution in [-0.2, 0) is 4.74 Å². The number of carbonyl (C=O) groups excluding carboxylic acids is 1. The van der Waals surface area contributed by atoms with Crippen molar-refractivity contribution in [1.29, 1.82) is 0 Å². The first-order chi connectivity index (χ1) is 13.9. The van der Waals surface area contributed by atoms with Crippen molar-refractivity contribution in [3.8, 4) is 11.1 Å². The molecule has 0 radical (unpaired) electrons. The molecule has 1 aliphatic rings. The molecular formula is C26H37NO2. The molecule has 0 aromatic heterocycles. The number of ether oxygens (including phenoxy) is 1. The maximum atomic E-state index is 11.8. The summed E-state index contributed by atoms with van der Waals surface area (Å²) in [6, 6.07) is 13.8. The van der Waals surface area contributed by atoms with Crippen LogP contribution in [0.25, 0.3) is 11.1 Å². The van der Waals surface area contributed by atoms with Crippen LogP contribution in [-0.4, -0.2) is 38.6 Å². The first kappa shape index (κ1) is 23.2.